The largest absolute Gasteiger partial charge is 0.494 e. The molecule has 2 aliphatic rings. The monoisotopic (exact) mass is 465 g/mol. The lowest BCUT2D eigenvalue weighted by molar-refractivity contribution is -0.119. The van der Waals surface area contributed by atoms with Gasteiger partial charge in [0.15, 0.2) is 23.0 Å². The van der Waals surface area contributed by atoms with E-state index in [1.165, 1.54) is 42.5 Å². The highest BCUT2D eigenvalue weighted by Gasteiger charge is 2.36. The minimum absolute atomic E-state index is 0.194. The van der Waals surface area contributed by atoms with Crippen molar-refractivity contribution in [2.24, 2.45) is 0 Å². The van der Waals surface area contributed by atoms with Crippen molar-refractivity contribution in [3.8, 4) is 17.2 Å². The van der Waals surface area contributed by atoms with E-state index in [0.717, 1.165) is 5.56 Å². The lowest BCUT2D eigenvalue weighted by Crippen LogP contribution is -2.35. The van der Waals surface area contributed by atoms with E-state index in [9.17, 15) is 9.90 Å². The van der Waals surface area contributed by atoms with Crippen molar-refractivity contribution in [3.63, 3.8) is 0 Å². The molecule has 1 aromatic carbocycles. The lowest BCUT2D eigenvalue weighted by Gasteiger charge is -2.23. The van der Waals surface area contributed by atoms with E-state index >= 15 is 0 Å². The Labute approximate surface area is 192 Å². The number of carbonyl (C=O) groups is 1. The molecule has 2 atom stereocenters. The van der Waals surface area contributed by atoms with Crippen molar-refractivity contribution >= 4 is 23.1 Å². The molecule has 0 radical (unpaired) electrons. The number of ether oxygens (including phenoxy) is 5. The van der Waals surface area contributed by atoms with E-state index in [4.69, 9.17) is 35.3 Å². The van der Waals surface area contributed by atoms with Gasteiger partial charge >= 0.3 is 0 Å². The second-order valence-corrected chi connectivity index (χ2v) is 7.70. The van der Waals surface area contributed by atoms with Crippen LogP contribution in [-0.2, 0) is 20.7 Å². The number of benzene rings is 1. The third kappa shape index (κ3) is 4.00. The van der Waals surface area contributed by atoms with Crippen molar-refractivity contribution in [2.45, 2.75) is 31.9 Å². The number of carbonyl (C=O) groups excluding carboxylic acids is 1. The summed E-state index contributed by atoms with van der Waals surface area (Å²) in [4.78, 5) is 12.0. The topological polar surface area (TPSA) is 95.5 Å². The summed E-state index contributed by atoms with van der Waals surface area (Å²) >= 11 is 6.78. The van der Waals surface area contributed by atoms with E-state index < -0.39 is 12.1 Å². The first-order valence-corrected chi connectivity index (χ1v) is 10.4. The summed E-state index contributed by atoms with van der Waals surface area (Å²) in [6, 6.07) is -0.395. The predicted octanol–water partition coefficient (Wildman–Crippen LogP) is 3.01. The molecular formula is C23H28ClNO7. The summed E-state index contributed by atoms with van der Waals surface area (Å²) in [6.07, 6.45) is 3.37. The van der Waals surface area contributed by atoms with E-state index in [-0.39, 0.29) is 11.7 Å². The van der Waals surface area contributed by atoms with Gasteiger partial charge in [0.1, 0.15) is 6.10 Å². The van der Waals surface area contributed by atoms with Crippen LogP contribution >= 0.6 is 11.6 Å². The van der Waals surface area contributed by atoms with Gasteiger partial charge in [-0.3, -0.25) is 4.79 Å². The number of amides is 1. The van der Waals surface area contributed by atoms with Crippen LogP contribution in [-0.4, -0.2) is 58.7 Å². The average Bonchev–Trinajstić information content (AvgIpc) is 3.00. The van der Waals surface area contributed by atoms with Crippen LogP contribution in [0.2, 0.25) is 5.02 Å². The fourth-order valence-electron chi connectivity index (χ4n) is 4.29. The van der Waals surface area contributed by atoms with Crippen molar-refractivity contribution in [1.82, 2.24) is 5.32 Å². The summed E-state index contributed by atoms with van der Waals surface area (Å²) in [6.45, 7) is 1.45. The molecule has 2 N–H and O–H groups in total. The van der Waals surface area contributed by atoms with Crippen LogP contribution in [0, 0.1) is 0 Å². The van der Waals surface area contributed by atoms with E-state index in [0.29, 0.717) is 57.6 Å². The summed E-state index contributed by atoms with van der Waals surface area (Å²) in [5, 5.41) is 14.2. The SMILES string of the molecule is COC1=C(OC)[C@@H](O)C=C2C(=C1)c1c(c(Cl)c(OC)c(OC)c1OC)CC[C@@H]2NC(C)=O. The molecule has 0 aromatic heterocycles. The molecule has 0 fully saturated rings. The normalized spacial score (nSPS) is 20.0. The second kappa shape index (κ2) is 9.75. The van der Waals surface area contributed by atoms with Gasteiger partial charge in [0.2, 0.25) is 11.7 Å². The Morgan fingerprint density at radius 1 is 1.03 bits per heavy atom. The highest BCUT2D eigenvalue weighted by molar-refractivity contribution is 6.33. The Kier molecular flexibility index (Phi) is 7.26. The molecule has 32 heavy (non-hydrogen) atoms. The summed E-state index contributed by atoms with van der Waals surface area (Å²) < 4.78 is 27.9. The molecule has 2 aliphatic carbocycles. The molecule has 0 unspecified atom stereocenters. The maximum Gasteiger partial charge on any atom is 0.217 e. The van der Waals surface area contributed by atoms with Gasteiger partial charge in [-0.05, 0) is 41.7 Å². The van der Waals surface area contributed by atoms with Gasteiger partial charge in [-0.1, -0.05) is 11.6 Å². The molecule has 8 nitrogen and oxygen atoms in total. The van der Waals surface area contributed by atoms with E-state index in [1.807, 2.05) is 0 Å². The standard InChI is InChI=1S/C23H28ClNO7/c1-11(26)25-15-8-7-12-18(21(30-4)23(32-6)22(31-5)19(12)24)14-10-17(28-2)20(29-3)16(27)9-13(14)15/h9-10,15-16,27H,7-8H2,1-6H3,(H,25,26)/t15-,16-/m0/s1. The average molecular weight is 466 g/mol. The maximum atomic E-state index is 12.0. The third-order valence-electron chi connectivity index (χ3n) is 5.60. The maximum absolute atomic E-state index is 12.0. The second-order valence-electron chi connectivity index (χ2n) is 7.32. The molecule has 174 valence electrons. The van der Waals surface area contributed by atoms with Gasteiger partial charge in [-0.15, -0.1) is 0 Å². The van der Waals surface area contributed by atoms with Crippen molar-refractivity contribution < 1.29 is 33.6 Å². The van der Waals surface area contributed by atoms with Crippen molar-refractivity contribution in [1.29, 1.82) is 0 Å². The fourth-order valence-corrected chi connectivity index (χ4v) is 4.64. The Morgan fingerprint density at radius 3 is 2.22 bits per heavy atom. The van der Waals surface area contributed by atoms with Crippen LogP contribution in [0.5, 0.6) is 17.2 Å². The van der Waals surface area contributed by atoms with Crippen LogP contribution in [0.1, 0.15) is 24.5 Å². The predicted molar refractivity (Wildman–Crippen MR) is 120 cm³/mol. The molecule has 9 heteroatoms. The molecule has 0 heterocycles. The molecule has 0 aliphatic heterocycles. The molecule has 3 rings (SSSR count). The minimum atomic E-state index is -1.09. The molecule has 0 saturated carbocycles. The fraction of sp³-hybridized carbons (Fsp3) is 0.435. The Bertz CT molecular complexity index is 1010. The number of fused-ring (bicyclic) bond motifs is 3. The number of hydrogen-bond donors (Lipinski definition) is 2. The lowest BCUT2D eigenvalue weighted by atomic mass is 9.91. The number of aliphatic hydroxyl groups excluding tert-OH is 1. The number of hydrogen-bond acceptors (Lipinski definition) is 7. The first kappa shape index (κ1) is 23.8. The van der Waals surface area contributed by atoms with Crippen LogP contribution in [0.4, 0.5) is 0 Å². The smallest absolute Gasteiger partial charge is 0.217 e. The number of rotatable bonds is 6. The summed E-state index contributed by atoms with van der Waals surface area (Å²) in [5.74, 6) is 1.52. The molecule has 1 aromatic rings. The van der Waals surface area contributed by atoms with E-state index in [2.05, 4.69) is 5.32 Å². The molecule has 0 spiro atoms. The number of aliphatic hydroxyl groups is 1. The van der Waals surface area contributed by atoms with Gasteiger partial charge in [-0.2, -0.15) is 0 Å². The highest BCUT2D eigenvalue weighted by Crippen LogP contribution is 2.53. The number of halogens is 1. The van der Waals surface area contributed by atoms with Crippen LogP contribution < -0.4 is 19.5 Å². The van der Waals surface area contributed by atoms with Gasteiger partial charge < -0.3 is 34.1 Å². The summed E-state index contributed by atoms with van der Waals surface area (Å²) in [5.41, 5.74) is 2.80. The summed E-state index contributed by atoms with van der Waals surface area (Å²) in [7, 11) is 7.50. The number of methoxy groups -OCH3 is 5. The minimum Gasteiger partial charge on any atom is -0.494 e. The molecule has 0 bridgehead atoms. The number of allylic oxidation sites excluding steroid dienone is 1. The zero-order chi connectivity index (χ0) is 23.6. The van der Waals surface area contributed by atoms with Crippen LogP contribution in [0.3, 0.4) is 0 Å². The van der Waals surface area contributed by atoms with Crippen molar-refractivity contribution in [2.75, 3.05) is 35.5 Å². The number of nitrogens with one attached hydrogen (secondary N) is 1. The molecule has 0 saturated heterocycles. The first-order chi connectivity index (χ1) is 15.3. The van der Waals surface area contributed by atoms with Crippen molar-refractivity contribution in [3.05, 3.63) is 45.4 Å². The van der Waals surface area contributed by atoms with E-state index in [1.54, 1.807) is 12.2 Å². The molecule has 1 amide bonds. The van der Waals surface area contributed by atoms with Gasteiger partial charge in [0.05, 0.1) is 46.6 Å². The highest BCUT2D eigenvalue weighted by atomic mass is 35.5. The van der Waals surface area contributed by atoms with Gasteiger partial charge in [0.25, 0.3) is 0 Å². The Balaban J connectivity index is 2.44. The van der Waals surface area contributed by atoms with Gasteiger partial charge in [0, 0.05) is 12.5 Å². The van der Waals surface area contributed by atoms with Crippen LogP contribution in [0.15, 0.2) is 29.2 Å². The zero-order valence-electron chi connectivity index (χ0n) is 19.0. The first-order valence-electron chi connectivity index (χ1n) is 10.0. The Morgan fingerprint density at radius 2 is 1.69 bits per heavy atom. The molecular weight excluding hydrogens is 438 g/mol. The quantitative estimate of drug-likeness (QED) is 0.666. The van der Waals surface area contributed by atoms with Crippen LogP contribution in [0.25, 0.3) is 5.57 Å². The third-order valence-corrected chi connectivity index (χ3v) is 6.00. The Hall–Kier alpha value is -2.84. The van der Waals surface area contributed by atoms with Gasteiger partial charge in [-0.25, -0.2) is 0 Å². The zero-order valence-corrected chi connectivity index (χ0v) is 19.8.